The molecular weight excluding hydrogens is 582 g/mol. The number of aromatic nitrogens is 3. The second-order valence-electron chi connectivity index (χ2n) is 10.1. The average molecular weight is 607 g/mol. The number of anilines is 2. The van der Waals surface area contributed by atoms with Crippen LogP contribution in [0, 0.1) is 5.92 Å². The van der Waals surface area contributed by atoms with Gasteiger partial charge in [-0.05, 0) is 18.1 Å². The second kappa shape index (κ2) is 9.77. The quantitative estimate of drug-likeness (QED) is 0.308. The number of carbonyl (C=O) groups is 1. The molecular formula is C26H25F3N6O2S3. The van der Waals surface area contributed by atoms with Crippen molar-refractivity contribution >= 4 is 72.4 Å². The molecule has 3 aromatic heterocycles. The van der Waals surface area contributed by atoms with E-state index in [4.69, 9.17) is 5.73 Å². The predicted octanol–water partition coefficient (Wildman–Crippen LogP) is 5.47. The summed E-state index contributed by atoms with van der Waals surface area (Å²) in [7, 11) is 0. The lowest BCUT2D eigenvalue weighted by Gasteiger charge is -2.37. The molecule has 1 aromatic carbocycles. The summed E-state index contributed by atoms with van der Waals surface area (Å²) in [5, 5.41) is 2.33. The molecule has 0 bridgehead atoms. The van der Waals surface area contributed by atoms with Gasteiger partial charge in [-0.2, -0.15) is 18.2 Å². The highest BCUT2D eigenvalue weighted by molar-refractivity contribution is 7.99. The minimum Gasteiger partial charge on any atom is -0.375 e. The number of nitrogens with two attached hydrogens (primary N) is 1. The highest BCUT2D eigenvalue weighted by Crippen LogP contribution is 2.53. The lowest BCUT2D eigenvalue weighted by Crippen LogP contribution is -2.49. The van der Waals surface area contributed by atoms with Crippen LogP contribution >= 0.6 is 34.4 Å². The lowest BCUT2D eigenvalue weighted by atomic mass is 9.99. The molecule has 0 radical (unpaired) electrons. The third kappa shape index (κ3) is 4.27. The highest BCUT2D eigenvalue weighted by atomic mass is 32.2. The van der Waals surface area contributed by atoms with E-state index in [-0.39, 0.29) is 39.8 Å². The van der Waals surface area contributed by atoms with Gasteiger partial charge in [0.1, 0.15) is 11.3 Å². The average Bonchev–Trinajstić information content (AvgIpc) is 3.48. The molecule has 8 nitrogen and oxygen atoms in total. The van der Waals surface area contributed by atoms with Gasteiger partial charge < -0.3 is 15.5 Å². The molecule has 0 saturated carbocycles. The molecule has 2 aliphatic rings. The SMILES string of the molecule is C=CC(=O)N1CCN(c2nc(=O)n3c4c(c(-c5scc6sc(N)nc56)c(C(F)(F)F)cc24)SCC3C(C)C)CC1. The van der Waals surface area contributed by atoms with Gasteiger partial charge >= 0.3 is 11.9 Å². The Morgan fingerprint density at radius 1 is 1.23 bits per heavy atom. The number of carbonyl (C=O) groups excluding carboxylic acids is 1. The van der Waals surface area contributed by atoms with Crippen molar-refractivity contribution in [3.05, 3.63) is 40.1 Å². The number of alkyl halides is 3. The number of nitrogen functional groups attached to an aromatic ring is 1. The van der Waals surface area contributed by atoms with Crippen molar-refractivity contribution in [1.29, 1.82) is 0 Å². The van der Waals surface area contributed by atoms with E-state index in [0.717, 1.165) is 10.8 Å². The maximum absolute atomic E-state index is 14.8. The van der Waals surface area contributed by atoms with Gasteiger partial charge in [0.25, 0.3) is 0 Å². The fraction of sp³-hybridized carbons (Fsp3) is 0.385. The van der Waals surface area contributed by atoms with E-state index in [1.165, 1.54) is 40.5 Å². The molecule has 1 fully saturated rings. The normalized spacial score (nSPS) is 17.8. The molecule has 1 amide bonds. The first-order valence-electron chi connectivity index (χ1n) is 12.6. The monoisotopic (exact) mass is 606 g/mol. The van der Waals surface area contributed by atoms with Crippen LogP contribution in [0.4, 0.5) is 24.1 Å². The smallest absolute Gasteiger partial charge is 0.375 e. The first kappa shape index (κ1) is 27.1. The molecule has 210 valence electrons. The van der Waals surface area contributed by atoms with E-state index >= 15 is 0 Å². The summed E-state index contributed by atoms with van der Waals surface area (Å²) in [4.78, 5) is 38.7. The van der Waals surface area contributed by atoms with Gasteiger partial charge in [0.05, 0.1) is 26.7 Å². The lowest BCUT2D eigenvalue weighted by molar-refractivity contribution is -0.137. The number of benzene rings is 1. The Hall–Kier alpha value is -3.10. The Morgan fingerprint density at radius 3 is 2.60 bits per heavy atom. The van der Waals surface area contributed by atoms with E-state index in [1.54, 1.807) is 19.7 Å². The van der Waals surface area contributed by atoms with E-state index in [0.29, 0.717) is 52.7 Å². The predicted molar refractivity (Wildman–Crippen MR) is 155 cm³/mol. The zero-order chi connectivity index (χ0) is 28.5. The molecule has 14 heteroatoms. The van der Waals surface area contributed by atoms with Crippen LogP contribution in [0.1, 0.15) is 25.5 Å². The zero-order valence-electron chi connectivity index (χ0n) is 21.6. The van der Waals surface area contributed by atoms with E-state index in [2.05, 4.69) is 16.5 Å². The van der Waals surface area contributed by atoms with Crippen LogP contribution in [0.3, 0.4) is 0 Å². The van der Waals surface area contributed by atoms with Crippen LogP contribution in [-0.2, 0) is 11.0 Å². The molecule has 5 heterocycles. The Balaban J connectivity index is 1.65. The minimum absolute atomic E-state index is 0.0317. The third-order valence-electron chi connectivity index (χ3n) is 7.41. The number of halogens is 3. The maximum Gasteiger partial charge on any atom is 0.417 e. The van der Waals surface area contributed by atoms with Gasteiger partial charge in [0.15, 0.2) is 5.13 Å². The summed E-state index contributed by atoms with van der Waals surface area (Å²) in [5.41, 5.74) is 5.55. The number of fused-ring (bicyclic) bond motifs is 1. The maximum atomic E-state index is 14.8. The van der Waals surface area contributed by atoms with Crippen molar-refractivity contribution in [2.45, 2.75) is 31.0 Å². The number of hydrogen-bond donors (Lipinski definition) is 1. The van der Waals surface area contributed by atoms with Crippen LogP contribution in [0.5, 0.6) is 0 Å². The standard InChI is InChI=1S/C26H25F3N6O2S3/c1-4-17(36)33-5-7-34(8-6-33)23-13-9-14(26(27,28)29)18(21-19-16(11-39-21)40-24(30)31-19)22-20(13)35(25(37)32-23)15(10-38-22)12(2)3/h4,9,11-12,15H,1,5-8,10H2,2-3H3,(H2,30,31). The van der Waals surface area contributed by atoms with Gasteiger partial charge in [0, 0.05) is 53.2 Å². The third-order valence-corrected chi connectivity index (χ3v) is 10.6. The minimum atomic E-state index is -4.68. The molecule has 2 aliphatic heterocycles. The van der Waals surface area contributed by atoms with Crippen molar-refractivity contribution in [1.82, 2.24) is 19.4 Å². The summed E-state index contributed by atoms with van der Waals surface area (Å²) >= 11 is 3.77. The highest BCUT2D eigenvalue weighted by Gasteiger charge is 2.40. The topological polar surface area (TPSA) is 97.4 Å². The molecule has 4 aromatic rings. The number of rotatable bonds is 4. The zero-order valence-corrected chi connectivity index (χ0v) is 24.1. The summed E-state index contributed by atoms with van der Waals surface area (Å²) in [6.07, 6.45) is -3.44. The van der Waals surface area contributed by atoms with Crippen molar-refractivity contribution in [2.75, 3.05) is 42.6 Å². The molecule has 0 spiro atoms. The number of thioether (sulfide) groups is 1. The van der Waals surface area contributed by atoms with Gasteiger partial charge in [0.2, 0.25) is 5.91 Å². The van der Waals surface area contributed by atoms with Crippen molar-refractivity contribution in [3.8, 4) is 10.4 Å². The molecule has 40 heavy (non-hydrogen) atoms. The number of piperazine rings is 1. The Bertz CT molecular complexity index is 1730. The van der Waals surface area contributed by atoms with Gasteiger partial charge in [-0.15, -0.1) is 23.1 Å². The second-order valence-corrected chi connectivity index (χ2v) is 13.1. The number of thiazole rings is 1. The summed E-state index contributed by atoms with van der Waals surface area (Å²) in [6, 6.07) is 0.900. The fourth-order valence-corrected chi connectivity index (χ4v) is 9.01. The molecule has 1 saturated heterocycles. The van der Waals surface area contributed by atoms with Crippen molar-refractivity contribution in [2.24, 2.45) is 5.92 Å². The Kier molecular flexibility index (Phi) is 6.62. The van der Waals surface area contributed by atoms with Crippen LogP contribution in [0.25, 0.3) is 31.6 Å². The Labute approximate surface area is 239 Å². The first-order valence-corrected chi connectivity index (χ1v) is 15.3. The fourth-order valence-electron chi connectivity index (χ4n) is 5.43. The van der Waals surface area contributed by atoms with Gasteiger partial charge in [-0.3, -0.25) is 9.36 Å². The summed E-state index contributed by atoms with van der Waals surface area (Å²) in [6.45, 7) is 8.85. The van der Waals surface area contributed by atoms with Crippen molar-refractivity contribution < 1.29 is 18.0 Å². The Morgan fingerprint density at radius 2 is 1.95 bits per heavy atom. The van der Waals surface area contributed by atoms with E-state index in [9.17, 15) is 22.8 Å². The summed E-state index contributed by atoms with van der Waals surface area (Å²) in [5.74, 6) is 0.486. The van der Waals surface area contributed by atoms with Crippen LogP contribution in [0.2, 0.25) is 0 Å². The number of nitrogens with zero attached hydrogens (tertiary/aromatic N) is 5. The number of thiophene rings is 1. The van der Waals surface area contributed by atoms with Crippen molar-refractivity contribution in [3.63, 3.8) is 0 Å². The molecule has 1 atom stereocenters. The van der Waals surface area contributed by atoms with Gasteiger partial charge in [-0.1, -0.05) is 31.8 Å². The number of amides is 1. The van der Waals surface area contributed by atoms with Gasteiger partial charge in [-0.25, -0.2) is 9.78 Å². The van der Waals surface area contributed by atoms with E-state index < -0.39 is 17.4 Å². The molecule has 6 rings (SSSR count). The molecule has 0 aliphatic carbocycles. The van der Waals surface area contributed by atoms with E-state index in [1.807, 2.05) is 13.8 Å². The molecule has 1 unspecified atom stereocenters. The summed E-state index contributed by atoms with van der Waals surface area (Å²) < 4.78 is 46.8. The van der Waals surface area contributed by atoms with Crippen LogP contribution < -0.4 is 16.3 Å². The van der Waals surface area contributed by atoms with Crippen LogP contribution in [-0.4, -0.2) is 57.3 Å². The molecule has 2 N–H and O–H groups in total. The number of hydrogen-bond acceptors (Lipinski definition) is 9. The largest absolute Gasteiger partial charge is 0.417 e. The van der Waals surface area contributed by atoms with Crippen LogP contribution in [0.15, 0.2) is 33.8 Å². The first-order chi connectivity index (χ1) is 19.0.